The lowest BCUT2D eigenvalue weighted by atomic mass is 10.5. The lowest BCUT2D eigenvalue weighted by Gasteiger charge is -1.89. The Labute approximate surface area is 57.5 Å². The lowest BCUT2D eigenvalue weighted by Crippen LogP contribution is -1.91. The molecule has 9 heavy (non-hydrogen) atoms. The summed E-state index contributed by atoms with van der Waals surface area (Å²) in [5.41, 5.74) is -0.863. The summed E-state index contributed by atoms with van der Waals surface area (Å²) in [6, 6.07) is 1.73. The van der Waals surface area contributed by atoms with Gasteiger partial charge >= 0.3 is 5.43 Å². The zero-order valence-corrected chi connectivity index (χ0v) is 5.26. The van der Waals surface area contributed by atoms with E-state index >= 15 is 0 Å². The molecule has 0 fully saturated rings. The molecule has 0 aliphatic carbocycles. The van der Waals surface area contributed by atoms with Crippen molar-refractivity contribution >= 4 is 17.0 Å². The summed E-state index contributed by atoms with van der Waals surface area (Å²) in [7, 11) is 0. The van der Waals surface area contributed by atoms with Gasteiger partial charge in [0.25, 0.3) is 0 Å². The summed E-state index contributed by atoms with van der Waals surface area (Å²) in [6.45, 7) is 0.0515. The maximum atomic E-state index is 9.83. The Morgan fingerprint density at radius 2 is 2.56 bits per heavy atom. The predicted molar refractivity (Wildman–Crippen MR) is 32.0 cm³/mol. The molecule has 0 bridgehead atoms. The standard InChI is InChI=1S/C5H4ClNO2/c6-5(8)9-4-2-1-3-7/h1-2H,4H2. The fraction of sp³-hybridized carbons (Fsp3) is 0.200. The van der Waals surface area contributed by atoms with Gasteiger partial charge in [0.05, 0.1) is 6.07 Å². The van der Waals surface area contributed by atoms with E-state index in [-0.39, 0.29) is 6.61 Å². The van der Waals surface area contributed by atoms with Crippen molar-refractivity contribution < 1.29 is 9.53 Å². The number of ether oxygens (including phenoxy) is 1. The number of rotatable bonds is 2. The highest BCUT2D eigenvalue weighted by Gasteiger charge is 1.88. The molecule has 0 saturated heterocycles. The molecular weight excluding hydrogens is 142 g/mol. The molecule has 0 aromatic heterocycles. The molecule has 0 atom stereocenters. The first-order chi connectivity index (χ1) is 4.27. The number of nitriles is 1. The third kappa shape index (κ3) is 6.99. The average molecular weight is 146 g/mol. The van der Waals surface area contributed by atoms with Crippen LogP contribution in [-0.2, 0) is 4.74 Å². The van der Waals surface area contributed by atoms with E-state index < -0.39 is 5.43 Å². The molecule has 0 unspecified atom stereocenters. The molecule has 3 nitrogen and oxygen atoms in total. The van der Waals surface area contributed by atoms with Crippen molar-refractivity contribution in [2.75, 3.05) is 6.61 Å². The monoisotopic (exact) mass is 145 g/mol. The molecule has 0 N–H and O–H groups in total. The summed E-state index contributed by atoms with van der Waals surface area (Å²) in [5.74, 6) is 0. The normalized spacial score (nSPS) is 8.89. The Balaban J connectivity index is 3.22. The Morgan fingerprint density at radius 3 is 3.00 bits per heavy atom. The highest BCUT2D eigenvalue weighted by Crippen LogP contribution is 1.85. The predicted octanol–water partition coefficient (Wildman–Crippen LogP) is 1.44. The Bertz CT molecular complexity index is 159. The minimum atomic E-state index is -0.863. The molecule has 0 saturated carbocycles. The minimum Gasteiger partial charge on any atom is -0.449 e. The van der Waals surface area contributed by atoms with Crippen LogP contribution in [0.1, 0.15) is 0 Å². The van der Waals surface area contributed by atoms with E-state index in [1.54, 1.807) is 6.07 Å². The average Bonchev–Trinajstić information content (AvgIpc) is 1.80. The molecule has 4 heteroatoms. The molecule has 0 spiro atoms. The summed E-state index contributed by atoms with van der Waals surface area (Å²) in [6.07, 6.45) is 2.60. The largest absolute Gasteiger partial charge is 0.449 e. The van der Waals surface area contributed by atoms with Crippen molar-refractivity contribution in [2.45, 2.75) is 0 Å². The Morgan fingerprint density at radius 1 is 1.89 bits per heavy atom. The van der Waals surface area contributed by atoms with Crippen LogP contribution in [0.5, 0.6) is 0 Å². The van der Waals surface area contributed by atoms with Gasteiger partial charge in [-0.1, -0.05) is 0 Å². The lowest BCUT2D eigenvalue weighted by molar-refractivity contribution is 0.186. The fourth-order valence-electron chi connectivity index (χ4n) is 0.214. The summed E-state index contributed by atoms with van der Waals surface area (Å²) < 4.78 is 4.23. The number of nitrogens with zero attached hydrogens (tertiary/aromatic N) is 1. The molecule has 0 aliphatic rings. The van der Waals surface area contributed by atoms with Gasteiger partial charge in [-0.15, -0.1) is 0 Å². The zero-order chi connectivity index (χ0) is 7.11. The van der Waals surface area contributed by atoms with Gasteiger partial charge in [-0.05, 0) is 6.08 Å². The second-order valence-corrected chi connectivity index (χ2v) is 1.39. The van der Waals surface area contributed by atoms with Gasteiger partial charge in [0.1, 0.15) is 6.61 Å². The van der Waals surface area contributed by atoms with Crippen LogP contribution in [-0.4, -0.2) is 12.0 Å². The van der Waals surface area contributed by atoms with E-state index in [2.05, 4.69) is 4.74 Å². The minimum absolute atomic E-state index is 0.0515. The van der Waals surface area contributed by atoms with Crippen LogP contribution in [0, 0.1) is 11.3 Å². The van der Waals surface area contributed by atoms with Gasteiger partial charge in [-0.2, -0.15) is 5.26 Å². The summed E-state index contributed by atoms with van der Waals surface area (Å²) in [5, 5.41) is 7.92. The highest BCUT2D eigenvalue weighted by atomic mass is 35.5. The van der Waals surface area contributed by atoms with E-state index in [1.807, 2.05) is 0 Å². The zero-order valence-electron chi connectivity index (χ0n) is 4.50. The highest BCUT2D eigenvalue weighted by molar-refractivity contribution is 6.61. The van der Waals surface area contributed by atoms with Gasteiger partial charge in [-0.25, -0.2) is 4.79 Å². The van der Waals surface area contributed by atoms with E-state index in [0.717, 1.165) is 0 Å². The second-order valence-electron chi connectivity index (χ2n) is 1.08. The van der Waals surface area contributed by atoms with Crippen molar-refractivity contribution in [3.63, 3.8) is 0 Å². The van der Waals surface area contributed by atoms with Crippen molar-refractivity contribution in [3.05, 3.63) is 12.2 Å². The Hall–Kier alpha value is -1.01. The third-order valence-electron chi connectivity index (χ3n) is 0.485. The van der Waals surface area contributed by atoms with Crippen LogP contribution in [0.4, 0.5) is 4.79 Å². The molecular formula is C5H4ClNO2. The topological polar surface area (TPSA) is 50.1 Å². The maximum Gasteiger partial charge on any atom is 0.404 e. The molecule has 0 amide bonds. The fourth-order valence-corrected chi connectivity index (χ4v) is 0.277. The van der Waals surface area contributed by atoms with Crippen LogP contribution >= 0.6 is 11.6 Å². The van der Waals surface area contributed by atoms with Crippen LogP contribution in [0.15, 0.2) is 12.2 Å². The van der Waals surface area contributed by atoms with E-state index in [9.17, 15) is 4.79 Å². The number of halogens is 1. The smallest absolute Gasteiger partial charge is 0.404 e. The summed E-state index contributed by atoms with van der Waals surface area (Å²) in [4.78, 5) is 9.83. The summed E-state index contributed by atoms with van der Waals surface area (Å²) >= 11 is 4.78. The van der Waals surface area contributed by atoms with E-state index in [4.69, 9.17) is 16.9 Å². The van der Waals surface area contributed by atoms with Crippen molar-refractivity contribution in [2.24, 2.45) is 0 Å². The number of carbonyl (C=O) groups excluding carboxylic acids is 1. The number of allylic oxidation sites excluding steroid dienone is 1. The first-order valence-corrected chi connectivity index (χ1v) is 2.52. The van der Waals surface area contributed by atoms with Gasteiger partial charge in [0.15, 0.2) is 0 Å². The van der Waals surface area contributed by atoms with Crippen LogP contribution in [0.3, 0.4) is 0 Å². The molecule has 0 rings (SSSR count). The molecule has 0 aromatic rings. The maximum absolute atomic E-state index is 9.83. The van der Waals surface area contributed by atoms with E-state index in [0.29, 0.717) is 0 Å². The van der Waals surface area contributed by atoms with Crippen LogP contribution < -0.4 is 0 Å². The second kappa shape index (κ2) is 5.13. The van der Waals surface area contributed by atoms with E-state index in [1.165, 1.54) is 12.2 Å². The first kappa shape index (κ1) is 7.99. The Kier molecular flexibility index (Phi) is 4.56. The molecule has 0 heterocycles. The quantitative estimate of drug-likeness (QED) is 0.436. The molecule has 48 valence electrons. The van der Waals surface area contributed by atoms with Crippen molar-refractivity contribution in [1.29, 1.82) is 5.26 Å². The van der Waals surface area contributed by atoms with Gasteiger partial charge < -0.3 is 4.74 Å². The first-order valence-electron chi connectivity index (χ1n) is 2.14. The SMILES string of the molecule is N#CC=CCOC(=O)Cl. The van der Waals surface area contributed by atoms with Crippen LogP contribution in [0.25, 0.3) is 0 Å². The van der Waals surface area contributed by atoms with Gasteiger partial charge in [0, 0.05) is 17.7 Å². The van der Waals surface area contributed by atoms with Gasteiger partial charge in [0.2, 0.25) is 0 Å². The van der Waals surface area contributed by atoms with Crippen molar-refractivity contribution in [1.82, 2.24) is 0 Å². The third-order valence-corrected chi connectivity index (χ3v) is 0.595. The van der Waals surface area contributed by atoms with Gasteiger partial charge in [-0.3, -0.25) is 0 Å². The number of hydrogen-bond acceptors (Lipinski definition) is 3. The molecule has 0 aromatic carbocycles. The molecule has 0 radical (unpaired) electrons. The van der Waals surface area contributed by atoms with Crippen LogP contribution in [0.2, 0.25) is 0 Å². The molecule has 0 aliphatic heterocycles. The number of hydrogen-bond donors (Lipinski definition) is 0. The van der Waals surface area contributed by atoms with Crippen molar-refractivity contribution in [3.8, 4) is 6.07 Å². The number of carbonyl (C=O) groups is 1.